The van der Waals surface area contributed by atoms with Gasteiger partial charge >= 0.3 is 0 Å². The molecule has 3 heterocycles. The number of hydrogen-bond acceptors (Lipinski definition) is 1. The lowest BCUT2D eigenvalue weighted by atomic mass is 9.72. The van der Waals surface area contributed by atoms with Crippen molar-refractivity contribution in [3.8, 4) is 55.9 Å². The smallest absolute Gasteiger partial charge is 0.0624 e. The standard InChI is InChI=1S/C72H47N3/c1-72(52-40-39-48-25-11-12-26-49(48)42-52)60-33-19-32-57-55-29-13-16-34-61(55)75-62-35-17-14-30-56(62)59-45-66(70(72)69(67(57)60)71(59)75)74(54-43-50(46-21-5-2-6-22-46)41-51(44-54)47-23-7-3-8-24-47)65-38-20-37-64-68(65)58-31-15-18-36-63(58)73(64)53-27-9-4-10-28-53/h2-45H,1H3. The van der Waals surface area contributed by atoms with E-state index in [2.05, 4.69) is 288 Å². The number of para-hydroxylation sites is 4. The molecule has 0 radical (unpaired) electrons. The van der Waals surface area contributed by atoms with Crippen LogP contribution >= 0.6 is 0 Å². The highest BCUT2D eigenvalue weighted by Crippen LogP contribution is 2.64. The van der Waals surface area contributed by atoms with E-state index in [4.69, 9.17) is 0 Å². The molecule has 0 fully saturated rings. The number of benzene rings is 12. The monoisotopic (exact) mass is 953 g/mol. The Balaban J connectivity index is 1.13. The van der Waals surface area contributed by atoms with Crippen LogP contribution in [-0.2, 0) is 5.41 Å². The molecule has 1 aliphatic carbocycles. The molecule has 0 N–H and O–H groups in total. The molecule has 1 unspecified atom stereocenters. The van der Waals surface area contributed by atoms with Crippen LogP contribution in [0.1, 0.15) is 23.6 Å². The maximum Gasteiger partial charge on any atom is 0.0624 e. The third-order valence-corrected chi connectivity index (χ3v) is 16.6. The molecule has 3 heteroatoms. The van der Waals surface area contributed by atoms with Crippen molar-refractivity contribution < 1.29 is 0 Å². The van der Waals surface area contributed by atoms with Gasteiger partial charge in [-0.1, -0.05) is 194 Å². The fourth-order valence-electron chi connectivity index (χ4n) is 13.4. The zero-order chi connectivity index (χ0) is 49.4. The Hall–Kier alpha value is -9.70. The maximum atomic E-state index is 2.66. The van der Waals surface area contributed by atoms with E-state index in [-0.39, 0.29) is 0 Å². The Morgan fingerprint density at radius 3 is 1.73 bits per heavy atom. The van der Waals surface area contributed by atoms with E-state index < -0.39 is 5.41 Å². The zero-order valence-electron chi connectivity index (χ0n) is 41.2. The Kier molecular flexibility index (Phi) is 8.88. The van der Waals surface area contributed by atoms with Gasteiger partial charge in [0, 0.05) is 55.0 Å². The lowest BCUT2D eigenvalue weighted by Crippen LogP contribution is -2.26. The van der Waals surface area contributed by atoms with Gasteiger partial charge < -0.3 is 14.0 Å². The molecule has 0 saturated carbocycles. The van der Waals surface area contributed by atoms with E-state index in [1.165, 1.54) is 105 Å². The van der Waals surface area contributed by atoms with Crippen LogP contribution in [-0.4, -0.2) is 9.13 Å². The van der Waals surface area contributed by atoms with Crippen LogP contribution in [0.3, 0.4) is 0 Å². The molecule has 12 aromatic carbocycles. The number of hydrogen-bond donors (Lipinski definition) is 0. The Bertz CT molecular complexity index is 4600. The Morgan fingerprint density at radius 1 is 0.373 bits per heavy atom. The van der Waals surface area contributed by atoms with Gasteiger partial charge in [0.1, 0.15) is 0 Å². The van der Waals surface area contributed by atoms with Crippen LogP contribution in [0.25, 0.3) is 110 Å². The Morgan fingerprint density at radius 2 is 0.973 bits per heavy atom. The first-order valence-electron chi connectivity index (χ1n) is 26.1. The molecule has 1 aliphatic heterocycles. The van der Waals surface area contributed by atoms with Gasteiger partial charge in [-0.2, -0.15) is 0 Å². The van der Waals surface area contributed by atoms with Crippen LogP contribution in [0, 0.1) is 0 Å². The van der Waals surface area contributed by atoms with Crippen molar-refractivity contribution in [2.75, 3.05) is 4.90 Å². The second-order valence-corrected chi connectivity index (χ2v) is 20.5. The van der Waals surface area contributed by atoms with Gasteiger partial charge in [-0.05, 0) is 135 Å². The molecule has 3 nitrogen and oxygen atoms in total. The van der Waals surface area contributed by atoms with E-state index in [9.17, 15) is 0 Å². The SMILES string of the molecule is CC1(c2ccc3ccccc3c2)c2cccc3c2-c2c1c(N(c1cc(-c4ccccc4)cc(-c4ccccc4)c1)c1cccc4c1c1ccccc1n4-c1ccccc1)cc1c4ccccc4n(c21)-c1ccccc1-3. The third-order valence-electron chi connectivity index (χ3n) is 16.6. The summed E-state index contributed by atoms with van der Waals surface area (Å²) in [5.74, 6) is 0. The van der Waals surface area contributed by atoms with Crippen LogP contribution in [0.5, 0.6) is 0 Å². The summed E-state index contributed by atoms with van der Waals surface area (Å²) in [5, 5.41) is 7.32. The van der Waals surface area contributed by atoms with Gasteiger partial charge in [0.25, 0.3) is 0 Å². The highest BCUT2D eigenvalue weighted by Gasteiger charge is 2.48. The molecule has 0 amide bonds. The number of aromatic nitrogens is 2. The number of fused-ring (bicyclic) bond motifs is 10. The topological polar surface area (TPSA) is 13.1 Å². The van der Waals surface area contributed by atoms with Crippen molar-refractivity contribution in [1.82, 2.24) is 9.13 Å². The molecule has 2 aliphatic rings. The first-order chi connectivity index (χ1) is 37.1. The predicted molar refractivity (Wildman–Crippen MR) is 315 cm³/mol. The van der Waals surface area contributed by atoms with E-state index in [0.717, 1.165) is 39.4 Å². The molecular formula is C72H47N3. The lowest BCUT2D eigenvalue weighted by molar-refractivity contribution is 0.715. The average molecular weight is 954 g/mol. The summed E-state index contributed by atoms with van der Waals surface area (Å²) < 4.78 is 5.03. The van der Waals surface area contributed by atoms with Crippen LogP contribution in [0.2, 0.25) is 0 Å². The van der Waals surface area contributed by atoms with Gasteiger partial charge in [-0.3, -0.25) is 0 Å². The molecule has 16 rings (SSSR count). The summed E-state index contributed by atoms with van der Waals surface area (Å²) in [6, 6.07) is 99.6. The minimum Gasteiger partial charge on any atom is -0.309 e. The van der Waals surface area contributed by atoms with Gasteiger partial charge in [0.15, 0.2) is 0 Å². The van der Waals surface area contributed by atoms with E-state index in [0.29, 0.717) is 0 Å². The summed E-state index contributed by atoms with van der Waals surface area (Å²) >= 11 is 0. The fraction of sp³-hybridized carbons (Fsp3) is 0.0278. The van der Waals surface area contributed by atoms with Gasteiger partial charge in [0.05, 0.1) is 39.1 Å². The maximum absolute atomic E-state index is 2.66. The summed E-state index contributed by atoms with van der Waals surface area (Å²) in [6.45, 7) is 2.51. The number of anilines is 3. The highest BCUT2D eigenvalue weighted by atomic mass is 15.2. The third kappa shape index (κ3) is 5.92. The summed E-state index contributed by atoms with van der Waals surface area (Å²) in [6.07, 6.45) is 0. The molecule has 350 valence electrons. The van der Waals surface area contributed by atoms with Gasteiger partial charge in [-0.25, -0.2) is 0 Å². The molecule has 2 aromatic heterocycles. The van der Waals surface area contributed by atoms with Gasteiger partial charge in [-0.15, -0.1) is 0 Å². The van der Waals surface area contributed by atoms with Crippen LogP contribution in [0.4, 0.5) is 17.1 Å². The van der Waals surface area contributed by atoms with Crippen molar-refractivity contribution in [2.24, 2.45) is 0 Å². The van der Waals surface area contributed by atoms with Crippen molar-refractivity contribution in [3.05, 3.63) is 284 Å². The fourth-order valence-corrected chi connectivity index (χ4v) is 13.4. The normalized spacial score (nSPS) is 14.3. The lowest BCUT2D eigenvalue weighted by Gasteiger charge is -2.36. The van der Waals surface area contributed by atoms with Crippen LogP contribution < -0.4 is 4.90 Å². The Labute approximate surface area is 435 Å². The minimum absolute atomic E-state index is 0.620. The number of nitrogens with zero attached hydrogens (tertiary/aromatic N) is 3. The molecule has 75 heavy (non-hydrogen) atoms. The molecule has 0 bridgehead atoms. The summed E-state index contributed by atoms with van der Waals surface area (Å²) in [7, 11) is 0. The molecule has 14 aromatic rings. The quantitative estimate of drug-likeness (QED) is 0.155. The largest absolute Gasteiger partial charge is 0.309 e. The molecular weight excluding hydrogens is 907 g/mol. The zero-order valence-corrected chi connectivity index (χ0v) is 41.2. The first kappa shape index (κ1) is 41.9. The summed E-state index contributed by atoms with van der Waals surface area (Å²) in [5.41, 5.74) is 23.4. The predicted octanol–water partition coefficient (Wildman–Crippen LogP) is 19.2. The van der Waals surface area contributed by atoms with E-state index in [1.54, 1.807) is 0 Å². The second kappa shape index (κ2) is 15.9. The van der Waals surface area contributed by atoms with Crippen molar-refractivity contribution in [2.45, 2.75) is 12.3 Å². The van der Waals surface area contributed by atoms with Crippen molar-refractivity contribution in [1.29, 1.82) is 0 Å². The molecule has 1 atom stereocenters. The average Bonchev–Trinajstić information content (AvgIpc) is 4.29. The minimum atomic E-state index is -0.620. The molecule has 0 saturated heterocycles. The van der Waals surface area contributed by atoms with Crippen molar-refractivity contribution >= 4 is 71.4 Å². The van der Waals surface area contributed by atoms with Crippen molar-refractivity contribution in [3.63, 3.8) is 0 Å². The van der Waals surface area contributed by atoms with E-state index >= 15 is 0 Å². The molecule has 0 spiro atoms. The number of rotatable bonds is 7. The summed E-state index contributed by atoms with van der Waals surface area (Å²) in [4.78, 5) is 2.66. The first-order valence-corrected chi connectivity index (χ1v) is 26.1. The van der Waals surface area contributed by atoms with E-state index in [1.807, 2.05) is 0 Å². The highest BCUT2D eigenvalue weighted by molar-refractivity contribution is 6.23. The van der Waals surface area contributed by atoms with Gasteiger partial charge in [0.2, 0.25) is 0 Å². The van der Waals surface area contributed by atoms with Crippen LogP contribution in [0.15, 0.2) is 267 Å². The second-order valence-electron chi connectivity index (χ2n) is 20.5.